The Kier molecular flexibility index (Phi) is 10.5. The number of hydrogen-bond donors (Lipinski definition) is 3. The molecule has 3 saturated heterocycles. The first-order valence-corrected chi connectivity index (χ1v) is 16.2. The molecule has 2 unspecified atom stereocenters. The lowest BCUT2D eigenvalue weighted by Crippen LogP contribution is -2.54. The summed E-state index contributed by atoms with van der Waals surface area (Å²) in [5.41, 5.74) is 0.711. The number of nitrogens with one attached hydrogen (secondary N) is 2. The summed E-state index contributed by atoms with van der Waals surface area (Å²) < 4.78 is 6.37. The smallest absolute Gasteiger partial charge is 0.407 e. The van der Waals surface area contributed by atoms with Gasteiger partial charge in [-0.05, 0) is 63.5 Å². The SMILES string of the molecule is COC(=O)NC1CCN(CCN(CC(O)CN2[C@@H]3CC[C@H]2C[C@H](NC(=O)c2cc4ccccc4n(C(C)C)c2=O)C3)C(C)=O)C1. The van der Waals surface area contributed by atoms with Gasteiger partial charge in [-0.25, -0.2) is 4.79 Å². The summed E-state index contributed by atoms with van der Waals surface area (Å²) in [4.78, 5) is 57.0. The van der Waals surface area contributed by atoms with Crippen LogP contribution >= 0.6 is 0 Å². The zero-order valence-electron chi connectivity index (χ0n) is 26.9. The number of nitrogens with zero attached hydrogens (tertiary/aromatic N) is 4. The van der Waals surface area contributed by atoms with Gasteiger partial charge in [0.1, 0.15) is 5.56 Å². The highest BCUT2D eigenvalue weighted by Gasteiger charge is 2.42. The van der Waals surface area contributed by atoms with Crippen LogP contribution in [0.3, 0.4) is 0 Å². The monoisotopic (exact) mass is 624 g/mol. The van der Waals surface area contributed by atoms with Gasteiger partial charge in [-0.15, -0.1) is 0 Å². The van der Waals surface area contributed by atoms with E-state index in [4.69, 9.17) is 0 Å². The summed E-state index contributed by atoms with van der Waals surface area (Å²) >= 11 is 0. The molecule has 0 saturated carbocycles. The summed E-state index contributed by atoms with van der Waals surface area (Å²) in [6.07, 6.45) is 3.20. The fourth-order valence-electron chi connectivity index (χ4n) is 7.49. The van der Waals surface area contributed by atoms with Crippen molar-refractivity contribution < 1.29 is 24.2 Å². The Hall–Kier alpha value is -3.48. The van der Waals surface area contributed by atoms with E-state index in [1.807, 2.05) is 38.1 Å². The molecule has 5 atom stereocenters. The molecule has 3 amide bonds. The van der Waals surface area contributed by atoms with Gasteiger partial charge in [0.25, 0.3) is 11.5 Å². The second-order valence-electron chi connectivity index (χ2n) is 13.2. The summed E-state index contributed by atoms with van der Waals surface area (Å²) in [6, 6.07) is 9.69. The quantitative estimate of drug-likeness (QED) is 0.345. The Morgan fingerprint density at radius 1 is 1.07 bits per heavy atom. The number of piperidine rings is 1. The van der Waals surface area contributed by atoms with Crippen molar-refractivity contribution in [3.63, 3.8) is 0 Å². The molecule has 3 aliphatic rings. The average Bonchev–Trinajstić information content (AvgIpc) is 3.53. The number of carbonyl (C=O) groups excluding carboxylic acids is 3. The van der Waals surface area contributed by atoms with E-state index in [2.05, 4.69) is 25.2 Å². The first kappa shape index (κ1) is 32.9. The molecule has 2 aromatic rings. The van der Waals surface area contributed by atoms with Gasteiger partial charge in [-0.2, -0.15) is 0 Å². The number of aromatic nitrogens is 1. The minimum Gasteiger partial charge on any atom is -0.453 e. The molecule has 45 heavy (non-hydrogen) atoms. The van der Waals surface area contributed by atoms with Crippen LogP contribution < -0.4 is 16.2 Å². The molecular weight excluding hydrogens is 576 g/mol. The minimum absolute atomic E-state index is 0.0309. The fraction of sp³-hybridized carbons (Fsp3) is 0.636. The van der Waals surface area contributed by atoms with Crippen LogP contribution in [0.15, 0.2) is 35.1 Å². The molecule has 246 valence electrons. The second-order valence-corrected chi connectivity index (χ2v) is 13.2. The number of para-hydroxylation sites is 1. The molecule has 3 N–H and O–H groups in total. The van der Waals surface area contributed by atoms with Crippen LogP contribution in [0.25, 0.3) is 10.9 Å². The minimum atomic E-state index is -0.692. The predicted molar refractivity (Wildman–Crippen MR) is 171 cm³/mol. The molecule has 1 aromatic heterocycles. The van der Waals surface area contributed by atoms with Crippen LogP contribution in [-0.4, -0.2) is 119 Å². The van der Waals surface area contributed by atoms with E-state index in [-0.39, 0.29) is 59.7 Å². The van der Waals surface area contributed by atoms with Gasteiger partial charge in [0.2, 0.25) is 5.91 Å². The number of rotatable bonds is 11. The molecule has 3 aliphatic heterocycles. The number of aliphatic hydroxyl groups excluding tert-OH is 1. The zero-order chi connectivity index (χ0) is 32.2. The van der Waals surface area contributed by atoms with Crippen molar-refractivity contribution in [2.75, 3.05) is 46.4 Å². The third-order valence-electron chi connectivity index (χ3n) is 9.69. The fourth-order valence-corrected chi connectivity index (χ4v) is 7.49. The van der Waals surface area contributed by atoms with E-state index < -0.39 is 12.2 Å². The van der Waals surface area contributed by atoms with Crippen LogP contribution in [0.5, 0.6) is 0 Å². The molecule has 2 bridgehead atoms. The van der Waals surface area contributed by atoms with Crippen molar-refractivity contribution in [3.8, 4) is 0 Å². The van der Waals surface area contributed by atoms with Gasteiger partial charge in [-0.3, -0.25) is 24.2 Å². The number of methoxy groups -OCH3 is 1. The van der Waals surface area contributed by atoms with Crippen molar-refractivity contribution in [1.29, 1.82) is 0 Å². The van der Waals surface area contributed by atoms with Gasteiger partial charge in [0, 0.05) is 76.4 Å². The number of likely N-dealkylation sites (tertiary alicyclic amines) is 1. The van der Waals surface area contributed by atoms with E-state index in [0.29, 0.717) is 26.2 Å². The highest BCUT2D eigenvalue weighted by Crippen LogP contribution is 2.36. The topological polar surface area (TPSA) is 136 Å². The number of amides is 3. The number of ether oxygens (including phenoxy) is 1. The van der Waals surface area contributed by atoms with Crippen molar-refractivity contribution in [3.05, 3.63) is 46.2 Å². The molecule has 3 fully saturated rings. The van der Waals surface area contributed by atoms with E-state index in [1.165, 1.54) is 14.0 Å². The van der Waals surface area contributed by atoms with Crippen molar-refractivity contribution in [1.82, 2.24) is 29.9 Å². The van der Waals surface area contributed by atoms with Gasteiger partial charge >= 0.3 is 6.09 Å². The van der Waals surface area contributed by atoms with Crippen LogP contribution in [0, 0.1) is 0 Å². The maximum atomic E-state index is 13.4. The lowest BCUT2D eigenvalue weighted by molar-refractivity contribution is -0.130. The Balaban J connectivity index is 1.14. The molecule has 0 aliphatic carbocycles. The Morgan fingerprint density at radius 3 is 2.44 bits per heavy atom. The Labute approximate surface area is 264 Å². The van der Waals surface area contributed by atoms with E-state index in [9.17, 15) is 24.3 Å². The molecule has 12 heteroatoms. The number of aliphatic hydroxyl groups is 1. The van der Waals surface area contributed by atoms with Gasteiger partial charge in [-0.1, -0.05) is 18.2 Å². The van der Waals surface area contributed by atoms with Crippen LogP contribution in [-0.2, 0) is 9.53 Å². The molecular formula is C33H48N6O6. The van der Waals surface area contributed by atoms with Crippen LogP contribution in [0.2, 0.25) is 0 Å². The number of benzene rings is 1. The van der Waals surface area contributed by atoms with Crippen LogP contribution in [0.1, 0.15) is 69.3 Å². The average molecular weight is 625 g/mol. The first-order chi connectivity index (χ1) is 21.5. The number of pyridine rings is 1. The maximum Gasteiger partial charge on any atom is 0.407 e. The molecule has 5 rings (SSSR count). The molecule has 1 aromatic carbocycles. The van der Waals surface area contributed by atoms with E-state index in [1.54, 1.807) is 15.5 Å². The first-order valence-electron chi connectivity index (χ1n) is 16.2. The highest BCUT2D eigenvalue weighted by molar-refractivity contribution is 5.97. The third kappa shape index (κ3) is 7.67. The van der Waals surface area contributed by atoms with Crippen LogP contribution in [0.4, 0.5) is 4.79 Å². The van der Waals surface area contributed by atoms with Gasteiger partial charge in [0.15, 0.2) is 0 Å². The largest absolute Gasteiger partial charge is 0.453 e. The third-order valence-corrected chi connectivity index (χ3v) is 9.69. The number of hydrogen-bond acceptors (Lipinski definition) is 8. The van der Waals surface area contributed by atoms with E-state index >= 15 is 0 Å². The summed E-state index contributed by atoms with van der Waals surface area (Å²) in [5, 5.41) is 17.9. The summed E-state index contributed by atoms with van der Waals surface area (Å²) in [5.74, 6) is -0.410. The Morgan fingerprint density at radius 2 is 1.78 bits per heavy atom. The van der Waals surface area contributed by atoms with Gasteiger partial charge in [0.05, 0.1) is 18.7 Å². The van der Waals surface area contributed by atoms with Crippen molar-refractivity contribution in [2.45, 2.75) is 89.2 Å². The molecule has 4 heterocycles. The lowest BCUT2D eigenvalue weighted by Gasteiger charge is -2.40. The van der Waals surface area contributed by atoms with E-state index in [0.717, 1.165) is 49.6 Å². The Bertz CT molecular complexity index is 1430. The predicted octanol–water partition coefficient (Wildman–Crippen LogP) is 1.95. The molecule has 0 spiro atoms. The normalized spacial score (nSPS) is 24.1. The number of carbonyl (C=O) groups is 3. The standard InChI is InChI=1S/C33H48N6O6/c1-21(2)39-30-8-6-5-7-23(30)15-29(32(39)43)31(42)34-25-16-26-9-10-27(17-25)38(26)20-28(41)19-37(22(3)40)14-13-36-12-11-24(18-36)35-33(44)45-4/h5-8,15,21,24-28,41H,9-14,16-20H2,1-4H3,(H,34,42)(H,35,44)/t24?,25-,26-,27+,28?. The number of fused-ring (bicyclic) bond motifs is 3. The van der Waals surface area contributed by atoms with Crippen molar-refractivity contribution in [2.24, 2.45) is 0 Å². The van der Waals surface area contributed by atoms with Gasteiger partial charge < -0.3 is 29.9 Å². The second kappa shape index (κ2) is 14.3. The van der Waals surface area contributed by atoms with Crippen molar-refractivity contribution >= 4 is 28.8 Å². The molecule has 12 nitrogen and oxygen atoms in total. The summed E-state index contributed by atoms with van der Waals surface area (Å²) in [6.45, 7) is 8.85. The number of alkyl carbamates (subject to hydrolysis) is 1. The highest BCUT2D eigenvalue weighted by atomic mass is 16.5. The summed E-state index contributed by atoms with van der Waals surface area (Å²) in [7, 11) is 1.35. The lowest BCUT2D eigenvalue weighted by atomic mass is 9.96. The maximum absolute atomic E-state index is 13.4. The zero-order valence-corrected chi connectivity index (χ0v) is 26.9. The molecule has 0 radical (unpaired) electrons.